The van der Waals surface area contributed by atoms with Crippen molar-refractivity contribution >= 4 is 0 Å². The van der Waals surface area contributed by atoms with Crippen molar-refractivity contribution in [2.75, 3.05) is 46.4 Å². The Morgan fingerprint density at radius 2 is 1.71 bits per heavy atom. The molecule has 1 saturated carbocycles. The summed E-state index contributed by atoms with van der Waals surface area (Å²) in [7, 11) is 2.18. The Morgan fingerprint density at radius 1 is 1.05 bits per heavy atom. The highest BCUT2D eigenvalue weighted by Gasteiger charge is 2.36. The van der Waals surface area contributed by atoms with E-state index in [-0.39, 0.29) is 0 Å². The van der Waals surface area contributed by atoms with Gasteiger partial charge < -0.3 is 20.1 Å². The summed E-state index contributed by atoms with van der Waals surface area (Å²) >= 11 is 0. The second-order valence-electron chi connectivity index (χ2n) is 7.35. The molecule has 0 aromatic rings. The molecular formula is C17H34N2O2. The molecule has 4 heteroatoms. The Balaban J connectivity index is 1.89. The smallest absolute Gasteiger partial charge is 0.0817 e. The van der Waals surface area contributed by atoms with Crippen molar-refractivity contribution < 1.29 is 9.84 Å². The highest BCUT2D eigenvalue weighted by Crippen LogP contribution is 2.37. The highest BCUT2D eigenvalue weighted by atomic mass is 16.5. The fraction of sp³-hybridized carbons (Fsp3) is 1.00. The van der Waals surface area contributed by atoms with Crippen LogP contribution in [0.1, 0.15) is 51.9 Å². The summed E-state index contributed by atoms with van der Waals surface area (Å²) in [5.74, 6) is 0. The van der Waals surface area contributed by atoms with Crippen molar-refractivity contribution in [3.05, 3.63) is 0 Å². The lowest BCUT2D eigenvalue weighted by Gasteiger charge is -2.43. The van der Waals surface area contributed by atoms with Gasteiger partial charge in [0.05, 0.1) is 5.60 Å². The van der Waals surface area contributed by atoms with E-state index in [9.17, 15) is 5.11 Å². The van der Waals surface area contributed by atoms with E-state index in [1.807, 2.05) is 0 Å². The van der Waals surface area contributed by atoms with Gasteiger partial charge in [0, 0.05) is 45.7 Å². The van der Waals surface area contributed by atoms with Gasteiger partial charge >= 0.3 is 0 Å². The third kappa shape index (κ3) is 5.20. The maximum absolute atomic E-state index is 10.7. The molecule has 1 aliphatic carbocycles. The lowest BCUT2D eigenvalue weighted by molar-refractivity contribution is -0.0813. The third-order valence-corrected chi connectivity index (χ3v) is 5.26. The van der Waals surface area contributed by atoms with Gasteiger partial charge in [0.25, 0.3) is 0 Å². The molecule has 2 N–H and O–H groups in total. The minimum absolute atomic E-state index is 0.407. The fourth-order valence-electron chi connectivity index (χ4n) is 4.12. The Morgan fingerprint density at radius 3 is 2.33 bits per heavy atom. The van der Waals surface area contributed by atoms with Gasteiger partial charge in [0.2, 0.25) is 0 Å². The van der Waals surface area contributed by atoms with Crippen molar-refractivity contribution in [1.29, 1.82) is 0 Å². The molecule has 0 aromatic carbocycles. The summed E-state index contributed by atoms with van der Waals surface area (Å²) < 4.78 is 5.38. The first-order valence-electron chi connectivity index (χ1n) is 8.77. The predicted molar refractivity (Wildman–Crippen MR) is 86.6 cm³/mol. The maximum Gasteiger partial charge on any atom is 0.0817 e. The summed E-state index contributed by atoms with van der Waals surface area (Å²) in [4.78, 5) is 2.37. The second kappa shape index (κ2) is 7.91. The van der Waals surface area contributed by atoms with Gasteiger partial charge in [-0.2, -0.15) is 0 Å². The van der Waals surface area contributed by atoms with Crippen molar-refractivity contribution in [2.24, 2.45) is 5.41 Å². The molecule has 2 rings (SSSR count). The van der Waals surface area contributed by atoms with Crippen LogP contribution in [-0.2, 0) is 4.74 Å². The summed E-state index contributed by atoms with van der Waals surface area (Å²) in [6.45, 7) is 7.64. The van der Waals surface area contributed by atoms with E-state index in [0.29, 0.717) is 18.6 Å². The number of hydrogen-bond acceptors (Lipinski definition) is 4. The fourth-order valence-corrected chi connectivity index (χ4v) is 4.12. The first-order chi connectivity index (χ1) is 10.1. The van der Waals surface area contributed by atoms with Crippen LogP contribution in [0, 0.1) is 5.41 Å². The number of aliphatic hydroxyl groups is 1. The first kappa shape index (κ1) is 17.2. The highest BCUT2D eigenvalue weighted by molar-refractivity contribution is 4.90. The molecule has 0 unspecified atom stereocenters. The van der Waals surface area contributed by atoms with Gasteiger partial charge in [0.15, 0.2) is 0 Å². The largest absolute Gasteiger partial charge is 0.388 e. The monoisotopic (exact) mass is 298 g/mol. The third-order valence-electron chi connectivity index (χ3n) is 5.26. The zero-order valence-corrected chi connectivity index (χ0v) is 14.0. The van der Waals surface area contributed by atoms with Crippen LogP contribution in [0.5, 0.6) is 0 Å². The SMILES string of the molecule is CCNCC1(CN(C)CC2(O)CCOCC2)CCCCC1. The molecule has 0 spiro atoms. The normalized spacial score (nSPS) is 25.1. The lowest BCUT2D eigenvalue weighted by atomic mass is 9.73. The maximum atomic E-state index is 10.7. The van der Waals surface area contributed by atoms with E-state index >= 15 is 0 Å². The predicted octanol–water partition coefficient (Wildman–Crippen LogP) is 2.02. The molecule has 0 amide bonds. The molecule has 21 heavy (non-hydrogen) atoms. The van der Waals surface area contributed by atoms with Gasteiger partial charge in [-0.1, -0.05) is 26.2 Å². The average Bonchev–Trinajstić information content (AvgIpc) is 2.46. The number of nitrogens with one attached hydrogen (secondary N) is 1. The van der Waals surface area contributed by atoms with Crippen molar-refractivity contribution in [3.8, 4) is 0 Å². The second-order valence-corrected chi connectivity index (χ2v) is 7.35. The van der Waals surface area contributed by atoms with Crippen LogP contribution in [0.4, 0.5) is 0 Å². The quantitative estimate of drug-likeness (QED) is 0.755. The molecule has 4 nitrogen and oxygen atoms in total. The molecule has 1 aliphatic heterocycles. The van der Waals surface area contributed by atoms with Crippen molar-refractivity contribution in [1.82, 2.24) is 10.2 Å². The molecule has 0 atom stereocenters. The molecular weight excluding hydrogens is 264 g/mol. The Hall–Kier alpha value is -0.160. The van der Waals surface area contributed by atoms with Crippen LogP contribution in [0.15, 0.2) is 0 Å². The Bertz CT molecular complexity index is 297. The number of nitrogens with zero attached hydrogens (tertiary/aromatic N) is 1. The van der Waals surface area contributed by atoms with Gasteiger partial charge in [-0.15, -0.1) is 0 Å². The molecule has 2 aliphatic rings. The van der Waals surface area contributed by atoms with Crippen LogP contribution in [0.2, 0.25) is 0 Å². The van der Waals surface area contributed by atoms with Gasteiger partial charge in [-0.05, 0) is 31.8 Å². The summed E-state index contributed by atoms with van der Waals surface area (Å²) in [6.07, 6.45) is 8.31. The van der Waals surface area contributed by atoms with Crippen molar-refractivity contribution in [2.45, 2.75) is 57.5 Å². The average molecular weight is 298 g/mol. The van der Waals surface area contributed by atoms with Crippen molar-refractivity contribution in [3.63, 3.8) is 0 Å². The van der Waals surface area contributed by atoms with E-state index < -0.39 is 5.60 Å². The topological polar surface area (TPSA) is 44.7 Å². The van der Waals surface area contributed by atoms with Crippen LogP contribution >= 0.6 is 0 Å². The molecule has 1 saturated heterocycles. The molecule has 2 fully saturated rings. The summed E-state index contributed by atoms with van der Waals surface area (Å²) in [5.41, 5.74) is -0.133. The Kier molecular flexibility index (Phi) is 6.48. The zero-order chi connectivity index (χ0) is 15.2. The Labute approximate surface area is 130 Å². The number of ether oxygens (including phenoxy) is 1. The van der Waals surface area contributed by atoms with Crippen LogP contribution in [0.25, 0.3) is 0 Å². The van der Waals surface area contributed by atoms with Crippen LogP contribution in [0.3, 0.4) is 0 Å². The van der Waals surface area contributed by atoms with E-state index in [0.717, 1.165) is 39.0 Å². The van der Waals surface area contributed by atoms with Gasteiger partial charge in [0.1, 0.15) is 0 Å². The zero-order valence-electron chi connectivity index (χ0n) is 14.0. The van der Waals surface area contributed by atoms with Crippen LogP contribution < -0.4 is 5.32 Å². The van der Waals surface area contributed by atoms with E-state index in [2.05, 4.69) is 24.2 Å². The van der Waals surface area contributed by atoms with Gasteiger partial charge in [-0.25, -0.2) is 0 Å². The van der Waals surface area contributed by atoms with E-state index in [4.69, 9.17) is 4.74 Å². The molecule has 0 radical (unpaired) electrons. The minimum Gasteiger partial charge on any atom is -0.388 e. The molecule has 0 bridgehead atoms. The lowest BCUT2D eigenvalue weighted by Crippen LogP contribution is -2.50. The minimum atomic E-state index is -0.541. The summed E-state index contributed by atoms with van der Waals surface area (Å²) in [5, 5.41) is 14.3. The summed E-state index contributed by atoms with van der Waals surface area (Å²) in [6, 6.07) is 0. The standard InChI is InChI=1S/C17H34N2O2/c1-3-18-13-16(7-5-4-6-8-16)14-19(2)15-17(20)9-11-21-12-10-17/h18,20H,3-15H2,1-2H3. The van der Waals surface area contributed by atoms with Crippen LogP contribution in [-0.4, -0.2) is 62.0 Å². The number of hydrogen-bond donors (Lipinski definition) is 2. The van der Waals surface area contributed by atoms with Gasteiger partial charge in [-0.3, -0.25) is 0 Å². The van der Waals surface area contributed by atoms with E-state index in [1.165, 1.54) is 32.1 Å². The number of likely N-dealkylation sites (N-methyl/N-ethyl adjacent to an activating group) is 1. The molecule has 0 aromatic heterocycles. The first-order valence-corrected chi connectivity index (χ1v) is 8.77. The van der Waals surface area contributed by atoms with E-state index in [1.54, 1.807) is 0 Å². The molecule has 1 heterocycles. The number of rotatable bonds is 7. The molecule has 124 valence electrons.